The van der Waals surface area contributed by atoms with Crippen molar-refractivity contribution in [3.05, 3.63) is 65.6 Å². The van der Waals surface area contributed by atoms with Crippen LogP contribution in [-0.4, -0.2) is 116 Å². The molecule has 286 valence electrons. The predicted molar refractivity (Wildman–Crippen MR) is 202 cm³/mol. The molecule has 1 aliphatic carbocycles. The van der Waals surface area contributed by atoms with E-state index in [0.29, 0.717) is 60.5 Å². The first-order valence-corrected chi connectivity index (χ1v) is 18.9. The van der Waals surface area contributed by atoms with Gasteiger partial charge in [-0.1, -0.05) is 18.9 Å². The minimum absolute atomic E-state index is 0.0555. The second kappa shape index (κ2) is 14.6. The average molecular weight is 749 g/mol. The van der Waals surface area contributed by atoms with Gasteiger partial charge in [-0.15, -0.1) is 0 Å². The molecule has 2 atom stereocenters. The third-order valence-electron chi connectivity index (χ3n) is 11.0. The van der Waals surface area contributed by atoms with Gasteiger partial charge in [-0.25, -0.2) is 9.97 Å². The number of imide groups is 1. The van der Waals surface area contributed by atoms with Crippen LogP contribution in [0.3, 0.4) is 0 Å². The Bertz CT molecular complexity index is 2170. The highest BCUT2D eigenvalue weighted by Gasteiger charge is 2.40. The number of pyridine rings is 1. The quantitative estimate of drug-likeness (QED) is 0.241. The molecule has 5 amide bonds. The van der Waals surface area contributed by atoms with E-state index in [4.69, 9.17) is 9.72 Å². The zero-order chi connectivity index (χ0) is 38.4. The lowest BCUT2D eigenvalue weighted by Crippen LogP contribution is -2.52. The van der Waals surface area contributed by atoms with Crippen LogP contribution >= 0.6 is 0 Å². The van der Waals surface area contributed by atoms with E-state index in [2.05, 4.69) is 30.1 Å². The first kappa shape index (κ1) is 35.9. The standard InChI is InChI=1S/C39H44N10O6/c1-23(55-31-10-6-9-27-28(31)22-48(37(27)53)29-12-14-33(50)43-35(29)51)36(52)47-17-15-46(16-18-47)26-11-13-32(40-21-26)42-39-41-20-24-19-30(38(54)45(2)3)49(34(24)44-39)25-7-4-5-8-25/h6,9-11,13,19-21,23,25,29H,4-5,7-8,12,14-18,22H2,1-3H3,(H,43,50,51)(H,40,41,42,44)/t23-,29+/m1/s1. The number of hydrogen-bond donors (Lipinski definition) is 2. The van der Waals surface area contributed by atoms with Crippen LogP contribution in [0.1, 0.15) is 77.9 Å². The predicted octanol–water partition coefficient (Wildman–Crippen LogP) is 3.26. The first-order valence-electron chi connectivity index (χ1n) is 18.9. The highest BCUT2D eigenvalue weighted by atomic mass is 16.5. The van der Waals surface area contributed by atoms with Crippen LogP contribution in [0, 0.1) is 0 Å². The van der Waals surface area contributed by atoms with Crippen molar-refractivity contribution in [1.82, 2.24) is 39.5 Å². The smallest absolute Gasteiger partial charge is 0.270 e. The fourth-order valence-electron chi connectivity index (χ4n) is 8.11. The fraction of sp³-hybridized carbons (Fsp3) is 0.436. The largest absolute Gasteiger partial charge is 0.481 e. The molecular formula is C39H44N10O6. The second-order valence-corrected chi connectivity index (χ2v) is 14.8. The molecule has 0 bridgehead atoms. The molecule has 16 heteroatoms. The molecule has 1 saturated carbocycles. The van der Waals surface area contributed by atoms with Crippen LogP contribution in [-0.2, 0) is 20.9 Å². The lowest BCUT2D eigenvalue weighted by molar-refractivity contribution is -0.138. The van der Waals surface area contributed by atoms with E-state index in [-0.39, 0.29) is 49.1 Å². The van der Waals surface area contributed by atoms with Crippen LogP contribution in [0.4, 0.5) is 17.5 Å². The number of carbonyl (C=O) groups is 5. The number of nitrogens with one attached hydrogen (secondary N) is 2. The number of aromatic nitrogens is 4. The maximum atomic E-state index is 13.5. The summed E-state index contributed by atoms with van der Waals surface area (Å²) in [5, 5.41) is 6.36. The molecule has 0 spiro atoms. The maximum Gasteiger partial charge on any atom is 0.270 e. The van der Waals surface area contributed by atoms with Gasteiger partial charge in [0.1, 0.15) is 29.0 Å². The third kappa shape index (κ3) is 6.92. The van der Waals surface area contributed by atoms with Crippen LogP contribution in [0.5, 0.6) is 5.75 Å². The van der Waals surface area contributed by atoms with Gasteiger partial charge in [0.25, 0.3) is 17.7 Å². The van der Waals surface area contributed by atoms with Crippen molar-refractivity contribution in [2.24, 2.45) is 0 Å². The number of piperidine rings is 1. The summed E-state index contributed by atoms with van der Waals surface area (Å²) in [6.07, 6.45) is 7.44. The Morgan fingerprint density at radius 3 is 2.47 bits per heavy atom. The molecule has 0 unspecified atom stereocenters. The van der Waals surface area contributed by atoms with Crippen LogP contribution in [0.25, 0.3) is 11.0 Å². The Kier molecular flexibility index (Phi) is 9.57. The van der Waals surface area contributed by atoms with Gasteiger partial charge in [0.05, 0.1) is 18.4 Å². The van der Waals surface area contributed by atoms with Gasteiger partial charge in [0, 0.05) is 75.4 Å². The zero-order valence-electron chi connectivity index (χ0n) is 31.2. The normalized spacial score (nSPS) is 19.4. The van der Waals surface area contributed by atoms with Crippen LogP contribution in [0.2, 0.25) is 0 Å². The molecule has 3 aliphatic heterocycles. The number of rotatable bonds is 9. The van der Waals surface area contributed by atoms with Gasteiger partial charge in [-0.3, -0.25) is 29.3 Å². The average Bonchev–Trinajstić information content (AvgIpc) is 3.93. The highest BCUT2D eigenvalue weighted by molar-refractivity contribution is 6.05. The molecule has 16 nitrogen and oxygen atoms in total. The lowest BCUT2D eigenvalue weighted by Gasteiger charge is -2.37. The minimum atomic E-state index is -0.799. The van der Waals surface area contributed by atoms with Gasteiger partial charge in [0.15, 0.2) is 6.10 Å². The zero-order valence-corrected chi connectivity index (χ0v) is 31.2. The molecule has 55 heavy (non-hydrogen) atoms. The molecule has 2 N–H and O–H groups in total. The summed E-state index contributed by atoms with van der Waals surface area (Å²) in [5.41, 5.74) is 3.34. The Morgan fingerprint density at radius 2 is 1.76 bits per heavy atom. The van der Waals surface area contributed by atoms with Gasteiger partial charge in [-0.2, -0.15) is 4.98 Å². The van der Waals surface area contributed by atoms with Gasteiger partial charge >= 0.3 is 0 Å². The Hall–Kier alpha value is -6.06. The van der Waals surface area contributed by atoms with E-state index in [1.165, 1.54) is 4.90 Å². The number of fused-ring (bicyclic) bond motifs is 2. The van der Waals surface area contributed by atoms with Crippen molar-refractivity contribution < 1.29 is 28.7 Å². The summed E-state index contributed by atoms with van der Waals surface area (Å²) >= 11 is 0. The Morgan fingerprint density at radius 1 is 0.982 bits per heavy atom. The molecule has 3 fully saturated rings. The number of carbonyl (C=O) groups excluding carboxylic acids is 5. The number of ether oxygens (including phenoxy) is 1. The molecule has 4 aromatic rings. The van der Waals surface area contributed by atoms with Crippen molar-refractivity contribution in [3.8, 4) is 5.75 Å². The molecule has 1 aromatic carbocycles. The van der Waals surface area contributed by atoms with E-state index < -0.39 is 18.1 Å². The molecule has 6 heterocycles. The summed E-state index contributed by atoms with van der Waals surface area (Å²) in [7, 11) is 3.52. The molecule has 3 aromatic heterocycles. The number of nitrogens with zero attached hydrogens (tertiary/aromatic N) is 8. The van der Waals surface area contributed by atoms with Gasteiger partial charge in [0.2, 0.25) is 17.8 Å². The molecule has 4 aliphatic rings. The molecular weight excluding hydrogens is 704 g/mol. The van der Waals surface area contributed by atoms with Crippen molar-refractivity contribution >= 4 is 58.0 Å². The number of hydrogen-bond acceptors (Lipinski definition) is 11. The fourth-order valence-corrected chi connectivity index (χ4v) is 8.11. The lowest BCUT2D eigenvalue weighted by atomic mass is 10.0. The van der Waals surface area contributed by atoms with E-state index in [1.807, 2.05) is 18.2 Å². The number of piperazine rings is 1. The van der Waals surface area contributed by atoms with Gasteiger partial charge < -0.3 is 34.2 Å². The van der Waals surface area contributed by atoms with Gasteiger partial charge in [-0.05, 0) is 56.5 Å². The van der Waals surface area contributed by atoms with E-state index in [0.717, 1.165) is 42.4 Å². The first-order chi connectivity index (χ1) is 26.5. The molecule has 8 rings (SSSR count). The summed E-state index contributed by atoms with van der Waals surface area (Å²) in [6, 6.07) is 10.3. The SMILES string of the molecule is C[C@@H](Oc1cccc2c1CN([C@H]1CCC(=O)NC1=O)C2=O)C(=O)N1CCN(c2ccc(Nc3ncc4cc(C(=O)N(C)C)n(C5CCCC5)c4n3)nc2)CC1. The van der Waals surface area contributed by atoms with Crippen molar-refractivity contribution in [1.29, 1.82) is 0 Å². The maximum absolute atomic E-state index is 13.5. The van der Waals surface area contributed by atoms with Crippen molar-refractivity contribution in [2.75, 3.05) is 50.5 Å². The van der Waals surface area contributed by atoms with Crippen molar-refractivity contribution in [2.45, 2.75) is 70.2 Å². The van der Waals surface area contributed by atoms with Crippen LogP contribution < -0.4 is 20.3 Å². The van der Waals surface area contributed by atoms with E-state index >= 15 is 0 Å². The van der Waals surface area contributed by atoms with E-state index in [1.54, 1.807) is 61.4 Å². The second-order valence-electron chi connectivity index (χ2n) is 14.8. The summed E-state index contributed by atoms with van der Waals surface area (Å²) in [5.74, 6) is 0.0844. The third-order valence-corrected chi connectivity index (χ3v) is 11.0. The topological polar surface area (TPSA) is 175 Å². The Labute approximate surface area is 317 Å². The molecule has 0 radical (unpaired) electrons. The van der Waals surface area contributed by atoms with Crippen LogP contribution in [0.15, 0.2) is 48.8 Å². The highest BCUT2D eigenvalue weighted by Crippen LogP contribution is 2.36. The number of anilines is 3. The van der Waals surface area contributed by atoms with E-state index in [9.17, 15) is 24.0 Å². The summed E-state index contributed by atoms with van der Waals surface area (Å²) in [6.45, 7) is 4.07. The number of amides is 5. The van der Waals surface area contributed by atoms with Crippen molar-refractivity contribution in [3.63, 3.8) is 0 Å². The number of benzene rings is 1. The monoisotopic (exact) mass is 748 g/mol. The molecule has 2 saturated heterocycles. The summed E-state index contributed by atoms with van der Waals surface area (Å²) < 4.78 is 8.25. The Balaban J connectivity index is 0.875. The minimum Gasteiger partial charge on any atom is -0.481 e. The summed E-state index contributed by atoms with van der Waals surface area (Å²) in [4.78, 5) is 84.9.